The second kappa shape index (κ2) is 6.38. The Morgan fingerprint density at radius 2 is 2.13 bits per heavy atom. The van der Waals surface area contributed by atoms with Gasteiger partial charge >= 0.3 is 0 Å². The van der Waals surface area contributed by atoms with Gasteiger partial charge in [-0.3, -0.25) is 9.59 Å². The van der Waals surface area contributed by atoms with Crippen LogP contribution in [0.4, 0.5) is 0 Å². The Balaban J connectivity index is 1.79. The number of carbonyl (C=O) groups is 1. The molecule has 1 aliphatic heterocycles. The van der Waals surface area contributed by atoms with Crippen LogP contribution < -0.4 is 10.9 Å². The second-order valence-corrected chi connectivity index (χ2v) is 5.73. The van der Waals surface area contributed by atoms with Crippen molar-refractivity contribution in [1.82, 2.24) is 10.3 Å². The maximum atomic E-state index is 12.3. The quantitative estimate of drug-likeness (QED) is 0.907. The van der Waals surface area contributed by atoms with Crippen molar-refractivity contribution in [2.75, 3.05) is 13.2 Å². The molecule has 0 saturated carbocycles. The Labute approximate surface area is 134 Å². The molecule has 0 fully saturated rings. The number of ether oxygens (including phenoxy) is 1. The summed E-state index contributed by atoms with van der Waals surface area (Å²) in [5, 5.41) is 2.93. The summed E-state index contributed by atoms with van der Waals surface area (Å²) in [7, 11) is 0. The topological polar surface area (TPSA) is 71.2 Å². The molecule has 23 heavy (non-hydrogen) atoms. The molecule has 1 aromatic carbocycles. The van der Waals surface area contributed by atoms with Crippen LogP contribution in [-0.2, 0) is 16.8 Å². The molecule has 5 heteroatoms. The van der Waals surface area contributed by atoms with Gasteiger partial charge in [-0.05, 0) is 30.0 Å². The van der Waals surface area contributed by atoms with E-state index in [0.717, 1.165) is 18.4 Å². The molecule has 2 N–H and O–H groups in total. The highest BCUT2D eigenvalue weighted by Gasteiger charge is 2.36. The Kier molecular flexibility index (Phi) is 4.30. The van der Waals surface area contributed by atoms with Gasteiger partial charge < -0.3 is 15.0 Å². The van der Waals surface area contributed by atoms with Gasteiger partial charge in [-0.2, -0.15) is 0 Å². The van der Waals surface area contributed by atoms with Gasteiger partial charge in [0.25, 0.3) is 5.91 Å². The number of pyridine rings is 1. The number of aromatic amines is 1. The Bertz CT molecular complexity index is 748. The van der Waals surface area contributed by atoms with Crippen LogP contribution in [0.2, 0.25) is 0 Å². The number of benzene rings is 1. The van der Waals surface area contributed by atoms with Gasteiger partial charge in [-0.1, -0.05) is 31.2 Å². The summed E-state index contributed by atoms with van der Waals surface area (Å²) < 4.78 is 6.07. The molecule has 0 saturated heterocycles. The summed E-state index contributed by atoms with van der Waals surface area (Å²) in [6.07, 6.45) is 3.09. The number of hydrogen-bond acceptors (Lipinski definition) is 3. The molecule has 5 nitrogen and oxygen atoms in total. The van der Waals surface area contributed by atoms with E-state index in [-0.39, 0.29) is 11.5 Å². The monoisotopic (exact) mass is 312 g/mol. The van der Waals surface area contributed by atoms with E-state index < -0.39 is 5.60 Å². The van der Waals surface area contributed by atoms with Crippen LogP contribution in [0.5, 0.6) is 0 Å². The summed E-state index contributed by atoms with van der Waals surface area (Å²) in [5.74, 6) is -0.222. The first-order chi connectivity index (χ1) is 11.1. The zero-order valence-corrected chi connectivity index (χ0v) is 13.1. The number of carbonyl (C=O) groups excluding carboxylic acids is 1. The third-order valence-corrected chi connectivity index (χ3v) is 4.41. The van der Waals surface area contributed by atoms with E-state index in [1.165, 1.54) is 23.9 Å². The molecule has 0 radical (unpaired) electrons. The van der Waals surface area contributed by atoms with Gasteiger partial charge in [0.05, 0.1) is 18.7 Å². The zero-order valence-electron chi connectivity index (χ0n) is 13.1. The molecule has 3 rings (SSSR count). The molecular weight excluding hydrogens is 292 g/mol. The molecule has 0 spiro atoms. The lowest BCUT2D eigenvalue weighted by Crippen LogP contribution is -2.45. The molecule has 1 atom stereocenters. The molecule has 2 heterocycles. The highest BCUT2D eigenvalue weighted by molar-refractivity contribution is 5.93. The normalized spacial score (nSPS) is 19.9. The van der Waals surface area contributed by atoms with Crippen LogP contribution in [-0.4, -0.2) is 24.0 Å². The molecule has 2 aromatic rings. The van der Waals surface area contributed by atoms with Gasteiger partial charge in [0, 0.05) is 12.3 Å². The number of rotatable bonds is 4. The SMILES string of the molecule is CCC1(CNC(=O)c2ccc(=O)[nH]c2)OCCc2ccccc21. The molecular formula is C18H20N2O3. The van der Waals surface area contributed by atoms with Crippen molar-refractivity contribution in [2.45, 2.75) is 25.4 Å². The van der Waals surface area contributed by atoms with E-state index in [1.807, 2.05) is 12.1 Å². The number of H-pyrrole nitrogens is 1. The van der Waals surface area contributed by atoms with Crippen LogP contribution >= 0.6 is 0 Å². The lowest BCUT2D eigenvalue weighted by molar-refractivity contribution is -0.0606. The molecule has 120 valence electrons. The summed E-state index contributed by atoms with van der Waals surface area (Å²) in [5.41, 5.74) is 2.14. The number of amides is 1. The van der Waals surface area contributed by atoms with E-state index in [0.29, 0.717) is 18.7 Å². The third kappa shape index (κ3) is 3.05. The van der Waals surface area contributed by atoms with Crippen molar-refractivity contribution in [2.24, 2.45) is 0 Å². The molecule has 0 bridgehead atoms. The van der Waals surface area contributed by atoms with E-state index >= 15 is 0 Å². The standard InChI is InChI=1S/C18H20N2O3/c1-2-18(15-6-4-3-5-13(15)9-10-23-18)12-20-17(22)14-7-8-16(21)19-11-14/h3-8,11H,2,9-10,12H2,1H3,(H,19,21)(H,20,22). The van der Waals surface area contributed by atoms with Crippen molar-refractivity contribution in [1.29, 1.82) is 0 Å². The smallest absolute Gasteiger partial charge is 0.252 e. The highest BCUT2D eigenvalue weighted by Crippen LogP contribution is 2.35. The predicted octanol–water partition coefficient (Wildman–Crippen LogP) is 1.98. The Morgan fingerprint density at radius 3 is 2.87 bits per heavy atom. The second-order valence-electron chi connectivity index (χ2n) is 5.73. The molecule has 1 unspecified atom stereocenters. The average molecular weight is 312 g/mol. The third-order valence-electron chi connectivity index (χ3n) is 4.41. The van der Waals surface area contributed by atoms with Crippen LogP contribution in [0.15, 0.2) is 47.4 Å². The first kappa shape index (κ1) is 15.5. The van der Waals surface area contributed by atoms with E-state index in [2.05, 4.69) is 29.4 Å². The number of fused-ring (bicyclic) bond motifs is 1. The van der Waals surface area contributed by atoms with Crippen LogP contribution in [0, 0.1) is 0 Å². The fourth-order valence-corrected chi connectivity index (χ4v) is 3.06. The fourth-order valence-electron chi connectivity index (χ4n) is 3.06. The van der Waals surface area contributed by atoms with E-state index in [4.69, 9.17) is 4.74 Å². The molecule has 1 aliphatic rings. The Hall–Kier alpha value is -2.40. The van der Waals surface area contributed by atoms with Crippen molar-refractivity contribution >= 4 is 5.91 Å². The minimum Gasteiger partial charge on any atom is -0.368 e. The Morgan fingerprint density at radius 1 is 1.30 bits per heavy atom. The molecule has 0 aliphatic carbocycles. The van der Waals surface area contributed by atoms with Gasteiger partial charge in [0.1, 0.15) is 5.60 Å². The van der Waals surface area contributed by atoms with Crippen LogP contribution in [0.25, 0.3) is 0 Å². The largest absolute Gasteiger partial charge is 0.368 e. The maximum absolute atomic E-state index is 12.3. The molecule has 1 aromatic heterocycles. The number of nitrogens with one attached hydrogen (secondary N) is 2. The maximum Gasteiger partial charge on any atom is 0.252 e. The minimum atomic E-state index is -0.493. The van der Waals surface area contributed by atoms with E-state index in [9.17, 15) is 9.59 Å². The number of aromatic nitrogens is 1. The number of hydrogen-bond donors (Lipinski definition) is 2. The lowest BCUT2D eigenvalue weighted by atomic mass is 9.84. The summed E-state index contributed by atoms with van der Waals surface area (Å²) in [6, 6.07) is 11.1. The summed E-state index contributed by atoms with van der Waals surface area (Å²) >= 11 is 0. The van der Waals surface area contributed by atoms with Gasteiger partial charge in [-0.25, -0.2) is 0 Å². The van der Waals surface area contributed by atoms with E-state index in [1.54, 1.807) is 0 Å². The highest BCUT2D eigenvalue weighted by atomic mass is 16.5. The van der Waals surface area contributed by atoms with Crippen molar-refractivity contribution in [3.8, 4) is 0 Å². The lowest BCUT2D eigenvalue weighted by Gasteiger charge is -2.38. The van der Waals surface area contributed by atoms with Gasteiger partial charge in [-0.15, -0.1) is 0 Å². The zero-order chi connectivity index (χ0) is 16.3. The summed E-state index contributed by atoms with van der Waals surface area (Å²) in [4.78, 5) is 25.9. The summed E-state index contributed by atoms with van der Waals surface area (Å²) in [6.45, 7) is 3.12. The van der Waals surface area contributed by atoms with Crippen molar-refractivity contribution in [3.05, 3.63) is 69.6 Å². The average Bonchev–Trinajstić information content (AvgIpc) is 2.60. The van der Waals surface area contributed by atoms with Crippen molar-refractivity contribution in [3.63, 3.8) is 0 Å². The molecule has 1 amide bonds. The fraction of sp³-hybridized carbons (Fsp3) is 0.333. The van der Waals surface area contributed by atoms with Crippen LogP contribution in [0.1, 0.15) is 34.8 Å². The first-order valence-corrected chi connectivity index (χ1v) is 7.84. The van der Waals surface area contributed by atoms with Gasteiger partial charge in [0.2, 0.25) is 5.56 Å². The van der Waals surface area contributed by atoms with Gasteiger partial charge in [0.15, 0.2) is 0 Å². The van der Waals surface area contributed by atoms with Crippen LogP contribution in [0.3, 0.4) is 0 Å². The predicted molar refractivity (Wildman–Crippen MR) is 87.5 cm³/mol. The first-order valence-electron chi connectivity index (χ1n) is 7.84. The van der Waals surface area contributed by atoms with Crippen molar-refractivity contribution < 1.29 is 9.53 Å². The minimum absolute atomic E-state index is 0.222.